The second-order valence-corrected chi connectivity index (χ2v) is 9.23. The van der Waals surface area contributed by atoms with Gasteiger partial charge in [-0.05, 0) is 40.5 Å². The van der Waals surface area contributed by atoms with Gasteiger partial charge in [-0.2, -0.15) is 0 Å². The van der Waals surface area contributed by atoms with Gasteiger partial charge in [-0.25, -0.2) is 4.79 Å². The van der Waals surface area contributed by atoms with Crippen LogP contribution in [0, 0.1) is 11.8 Å². The average molecular weight is 451 g/mol. The number of ether oxygens (including phenoxy) is 1. The maximum Gasteiger partial charge on any atom is 0.407 e. The lowest BCUT2D eigenvalue weighted by molar-refractivity contribution is -0.141. The summed E-state index contributed by atoms with van der Waals surface area (Å²) in [7, 11) is 0. The number of fused-ring (bicyclic) bond motifs is 3. The molecule has 0 spiro atoms. The van der Waals surface area contributed by atoms with Gasteiger partial charge in [-0.15, -0.1) is 0 Å². The quantitative estimate of drug-likeness (QED) is 0.637. The highest BCUT2D eigenvalue weighted by Crippen LogP contribution is 2.44. The van der Waals surface area contributed by atoms with Crippen LogP contribution in [0.15, 0.2) is 48.5 Å². The van der Waals surface area contributed by atoms with Crippen LogP contribution in [0.1, 0.15) is 43.7 Å². The summed E-state index contributed by atoms with van der Waals surface area (Å²) >= 11 is 0. The second-order valence-electron chi connectivity index (χ2n) is 9.23. The predicted molar refractivity (Wildman–Crippen MR) is 124 cm³/mol. The van der Waals surface area contributed by atoms with Crippen molar-refractivity contribution in [3.63, 3.8) is 0 Å². The Morgan fingerprint density at radius 3 is 2.15 bits per heavy atom. The summed E-state index contributed by atoms with van der Waals surface area (Å²) in [4.78, 5) is 38.0. The van der Waals surface area contributed by atoms with E-state index in [1.54, 1.807) is 4.90 Å². The summed E-state index contributed by atoms with van der Waals surface area (Å²) in [6.45, 7) is 5.02. The Balaban J connectivity index is 1.34. The number of amides is 2. The predicted octanol–water partition coefficient (Wildman–Crippen LogP) is 3.87. The van der Waals surface area contributed by atoms with Gasteiger partial charge in [0.05, 0.1) is 0 Å². The van der Waals surface area contributed by atoms with Crippen LogP contribution in [0.2, 0.25) is 0 Å². The molecule has 0 saturated carbocycles. The minimum atomic E-state index is -0.822. The first-order valence-corrected chi connectivity index (χ1v) is 11.5. The number of nitrogens with zero attached hydrogens (tertiary/aromatic N) is 1. The van der Waals surface area contributed by atoms with Crippen molar-refractivity contribution in [2.45, 2.75) is 38.6 Å². The molecule has 1 fully saturated rings. The molecule has 1 atom stereocenters. The SMILES string of the molecule is CC(C)[C@H](NC(=O)OCC1c2ccccc2-c2ccccc21)C(=O)N1CC(CCC(=O)O)C1. The van der Waals surface area contributed by atoms with E-state index >= 15 is 0 Å². The average Bonchev–Trinajstić information content (AvgIpc) is 3.08. The summed E-state index contributed by atoms with van der Waals surface area (Å²) in [6, 6.07) is 15.6. The Hall–Kier alpha value is -3.35. The lowest BCUT2D eigenvalue weighted by Gasteiger charge is -2.41. The van der Waals surface area contributed by atoms with Gasteiger partial charge >= 0.3 is 12.1 Å². The monoisotopic (exact) mass is 450 g/mol. The van der Waals surface area contributed by atoms with Gasteiger partial charge in [-0.3, -0.25) is 9.59 Å². The van der Waals surface area contributed by atoms with Crippen LogP contribution < -0.4 is 5.32 Å². The maximum absolute atomic E-state index is 12.9. The van der Waals surface area contributed by atoms with Crippen LogP contribution in [-0.2, 0) is 14.3 Å². The fraction of sp³-hybridized carbons (Fsp3) is 0.423. The van der Waals surface area contributed by atoms with Crippen molar-refractivity contribution in [2.24, 2.45) is 11.8 Å². The standard InChI is InChI=1S/C26H30N2O5/c1-16(2)24(25(31)28-13-17(14-28)11-12-23(29)30)27-26(32)33-15-22-20-9-5-3-7-18(20)19-8-4-6-10-21(19)22/h3-10,16-17,22,24H,11-15H2,1-2H3,(H,27,32)(H,29,30)/t24-/m0/s1. The number of nitrogens with one attached hydrogen (secondary N) is 1. The second kappa shape index (κ2) is 9.65. The van der Waals surface area contributed by atoms with Gasteiger partial charge in [0.2, 0.25) is 5.91 Å². The highest BCUT2D eigenvalue weighted by molar-refractivity contribution is 5.86. The largest absolute Gasteiger partial charge is 0.481 e. The van der Waals surface area contributed by atoms with Gasteiger partial charge < -0.3 is 20.1 Å². The third-order valence-electron chi connectivity index (χ3n) is 6.59. The van der Waals surface area contributed by atoms with E-state index in [-0.39, 0.29) is 36.7 Å². The summed E-state index contributed by atoms with van der Waals surface area (Å²) in [5, 5.41) is 11.6. The van der Waals surface area contributed by atoms with Crippen LogP contribution in [0.25, 0.3) is 11.1 Å². The molecule has 1 saturated heterocycles. The Morgan fingerprint density at radius 1 is 1.03 bits per heavy atom. The number of benzene rings is 2. The number of carbonyl (C=O) groups is 3. The summed E-state index contributed by atoms with van der Waals surface area (Å²) in [5.41, 5.74) is 4.59. The normalized spacial score (nSPS) is 16.0. The molecule has 2 N–H and O–H groups in total. The minimum Gasteiger partial charge on any atom is -0.481 e. The van der Waals surface area contributed by atoms with Gasteiger partial charge in [0.1, 0.15) is 12.6 Å². The lowest BCUT2D eigenvalue weighted by atomic mass is 9.92. The van der Waals surface area contributed by atoms with E-state index < -0.39 is 18.1 Å². The summed E-state index contributed by atoms with van der Waals surface area (Å²) < 4.78 is 5.60. The third-order valence-corrected chi connectivity index (χ3v) is 6.59. The van der Waals surface area contributed by atoms with Gasteiger partial charge in [0.15, 0.2) is 0 Å². The van der Waals surface area contributed by atoms with Crippen LogP contribution in [-0.4, -0.2) is 53.7 Å². The maximum atomic E-state index is 12.9. The van der Waals surface area contributed by atoms with Gasteiger partial charge in [-0.1, -0.05) is 62.4 Å². The molecule has 4 rings (SSSR count). The Bertz CT molecular complexity index is 999. The summed E-state index contributed by atoms with van der Waals surface area (Å²) in [5.74, 6) is -0.910. The fourth-order valence-electron chi connectivity index (χ4n) is 4.74. The third kappa shape index (κ3) is 4.87. The lowest BCUT2D eigenvalue weighted by Crippen LogP contribution is -2.58. The molecule has 0 aromatic heterocycles. The van der Waals surface area contributed by atoms with E-state index in [1.165, 1.54) is 0 Å². The molecule has 1 aliphatic carbocycles. The highest BCUT2D eigenvalue weighted by Gasteiger charge is 2.37. The number of carbonyl (C=O) groups excluding carboxylic acids is 2. The van der Waals surface area contributed by atoms with Gasteiger partial charge in [0, 0.05) is 25.4 Å². The highest BCUT2D eigenvalue weighted by atomic mass is 16.5. The van der Waals surface area contributed by atoms with E-state index in [9.17, 15) is 14.4 Å². The summed E-state index contributed by atoms with van der Waals surface area (Å²) in [6.07, 6.45) is 0.0655. The molecule has 1 aliphatic heterocycles. The van der Waals surface area contributed by atoms with E-state index in [1.807, 2.05) is 38.1 Å². The first kappa shape index (κ1) is 22.8. The van der Waals surface area contributed by atoms with E-state index in [0.29, 0.717) is 19.5 Å². The van der Waals surface area contributed by atoms with Crippen LogP contribution in [0.3, 0.4) is 0 Å². The Labute approximate surface area is 193 Å². The minimum absolute atomic E-state index is 0.0401. The molecule has 0 unspecified atom stereocenters. The van der Waals surface area contributed by atoms with Crippen molar-refractivity contribution in [1.82, 2.24) is 10.2 Å². The molecule has 0 bridgehead atoms. The number of rotatable bonds is 8. The molecule has 2 aliphatic rings. The Morgan fingerprint density at radius 2 is 1.61 bits per heavy atom. The molecule has 7 heteroatoms. The number of aliphatic carboxylic acids is 1. The molecule has 0 radical (unpaired) electrons. The van der Waals surface area contributed by atoms with Crippen molar-refractivity contribution in [3.8, 4) is 11.1 Å². The fourth-order valence-corrected chi connectivity index (χ4v) is 4.74. The molecule has 2 aromatic rings. The van der Waals surface area contributed by atoms with Crippen LogP contribution in [0.5, 0.6) is 0 Å². The molecule has 2 aromatic carbocycles. The number of alkyl carbamates (subject to hydrolysis) is 1. The van der Waals surface area contributed by atoms with E-state index in [0.717, 1.165) is 22.3 Å². The first-order chi connectivity index (χ1) is 15.8. The number of hydrogen-bond donors (Lipinski definition) is 2. The first-order valence-electron chi connectivity index (χ1n) is 11.5. The number of hydrogen-bond acceptors (Lipinski definition) is 4. The van der Waals surface area contributed by atoms with Crippen molar-refractivity contribution >= 4 is 18.0 Å². The molecule has 7 nitrogen and oxygen atoms in total. The van der Waals surface area contributed by atoms with E-state index in [2.05, 4.69) is 29.6 Å². The Kier molecular flexibility index (Phi) is 6.67. The molecule has 1 heterocycles. The van der Waals surface area contributed by atoms with Crippen LogP contribution in [0.4, 0.5) is 4.79 Å². The van der Waals surface area contributed by atoms with E-state index in [4.69, 9.17) is 9.84 Å². The van der Waals surface area contributed by atoms with Crippen molar-refractivity contribution in [2.75, 3.05) is 19.7 Å². The van der Waals surface area contributed by atoms with Crippen molar-refractivity contribution in [1.29, 1.82) is 0 Å². The molecular formula is C26H30N2O5. The van der Waals surface area contributed by atoms with Gasteiger partial charge in [0.25, 0.3) is 0 Å². The smallest absolute Gasteiger partial charge is 0.407 e. The molecular weight excluding hydrogens is 420 g/mol. The number of likely N-dealkylation sites (tertiary alicyclic amines) is 1. The zero-order valence-electron chi connectivity index (χ0n) is 19.0. The zero-order valence-corrected chi connectivity index (χ0v) is 19.0. The van der Waals surface area contributed by atoms with Crippen molar-refractivity contribution < 1.29 is 24.2 Å². The topological polar surface area (TPSA) is 95.9 Å². The number of carboxylic acid groups (broad SMARTS) is 1. The van der Waals surface area contributed by atoms with Crippen LogP contribution >= 0.6 is 0 Å². The molecule has 33 heavy (non-hydrogen) atoms. The molecule has 2 amide bonds. The van der Waals surface area contributed by atoms with Crippen molar-refractivity contribution in [3.05, 3.63) is 59.7 Å². The number of carboxylic acids is 1. The molecule has 174 valence electrons. The zero-order chi connectivity index (χ0) is 23.5.